The van der Waals surface area contributed by atoms with E-state index in [2.05, 4.69) is 0 Å². The van der Waals surface area contributed by atoms with E-state index in [1.54, 1.807) is 7.11 Å². The second-order valence-corrected chi connectivity index (χ2v) is 4.87. The van der Waals surface area contributed by atoms with Gasteiger partial charge in [0.25, 0.3) is 0 Å². The highest BCUT2D eigenvalue weighted by molar-refractivity contribution is 5.79. The van der Waals surface area contributed by atoms with Gasteiger partial charge in [-0.05, 0) is 25.7 Å². The molecule has 1 fully saturated rings. The smallest absolute Gasteiger partial charge is 0.226 e. The van der Waals surface area contributed by atoms with Crippen LogP contribution in [0.4, 0.5) is 0 Å². The fourth-order valence-electron chi connectivity index (χ4n) is 2.07. The third kappa shape index (κ3) is 3.46. The van der Waals surface area contributed by atoms with E-state index in [1.807, 2.05) is 18.7 Å². The molecule has 2 unspecified atom stereocenters. The standard InChI is InChI=1S/C12H24N2O2/c1-9(10(2)13)12(15)14-6-4-11(5-7-14)8-16-3/h9-11H,4-8,13H2,1-3H3. The lowest BCUT2D eigenvalue weighted by molar-refractivity contribution is -0.137. The lowest BCUT2D eigenvalue weighted by Crippen LogP contribution is -2.45. The highest BCUT2D eigenvalue weighted by Gasteiger charge is 2.27. The summed E-state index contributed by atoms with van der Waals surface area (Å²) in [6.07, 6.45) is 2.09. The summed E-state index contributed by atoms with van der Waals surface area (Å²) in [5, 5.41) is 0. The predicted octanol–water partition coefficient (Wildman–Crippen LogP) is 0.855. The highest BCUT2D eigenvalue weighted by atomic mass is 16.5. The van der Waals surface area contributed by atoms with Gasteiger partial charge in [-0.1, -0.05) is 6.92 Å². The second-order valence-electron chi connectivity index (χ2n) is 4.87. The molecule has 0 aromatic rings. The number of amides is 1. The maximum absolute atomic E-state index is 12.0. The van der Waals surface area contributed by atoms with Gasteiger partial charge in [-0.2, -0.15) is 0 Å². The van der Waals surface area contributed by atoms with Crippen LogP contribution >= 0.6 is 0 Å². The summed E-state index contributed by atoms with van der Waals surface area (Å²) in [6.45, 7) is 6.31. The lowest BCUT2D eigenvalue weighted by atomic mass is 9.95. The molecular formula is C12H24N2O2. The summed E-state index contributed by atoms with van der Waals surface area (Å²) in [5.74, 6) is 0.740. The number of piperidine rings is 1. The van der Waals surface area contributed by atoms with Crippen molar-refractivity contribution in [3.8, 4) is 0 Å². The molecule has 0 spiro atoms. The first-order chi connectivity index (χ1) is 7.56. The highest BCUT2D eigenvalue weighted by Crippen LogP contribution is 2.19. The molecule has 16 heavy (non-hydrogen) atoms. The average Bonchev–Trinajstić information content (AvgIpc) is 2.28. The molecule has 94 valence electrons. The third-order valence-electron chi connectivity index (χ3n) is 3.51. The molecule has 0 aliphatic carbocycles. The van der Waals surface area contributed by atoms with Gasteiger partial charge in [0.1, 0.15) is 0 Å². The van der Waals surface area contributed by atoms with E-state index in [0.717, 1.165) is 32.5 Å². The van der Waals surface area contributed by atoms with Crippen molar-refractivity contribution in [2.45, 2.75) is 32.7 Å². The van der Waals surface area contributed by atoms with Crippen LogP contribution in [0.5, 0.6) is 0 Å². The Morgan fingerprint density at radius 1 is 1.44 bits per heavy atom. The number of nitrogens with zero attached hydrogens (tertiary/aromatic N) is 1. The van der Waals surface area contributed by atoms with Crippen LogP contribution in [0, 0.1) is 11.8 Å². The van der Waals surface area contributed by atoms with Gasteiger partial charge in [-0.3, -0.25) is 4.79 Å². The quantitative estimate of drug-likeness (QED) is 0.776. The Morgan fingerprint density at radius 3 is 2.44 bits per heavy atom. The third-order valence-corrected chi connectivity index (χ3v) is 3.51. The summed E-state index contributed by atoms with van der Waals surface area (Å²) in [7, 11) is 1.73. The first-order valence-electron chi connectivity index (χ1n) is 6.09. The van der Waals surface area contributed by atoms with Crippen molar-refractivity contribution in [1.82, 2.24) is 4.90 Å². The van der Waals surface area contributed by atoms with Gasteiger partial charge in [0.15, 0.2) is 0 Å². The SMILES string of the molecule is COCC1CCN(C(=O)C(C)C(C)N)CC1. The maximum Gasteiger partial charge on any atom is 0.226 e. The Balaban J connectivity index is 2.38. The predicted molar refractivity (Wildman–Crippen MR) is 64.0 cm³/mol. The van der Waals surface area contributed by atoms with Crippen molar-refractivity contribution in [3.05, 3.63) is 0 Å². The largest absolute Gasteiger partial charge is 0.384 e. The zero-order chi connectivity index (χ0) is 12.1. The fourth-order valence-corrected chi connectivity index (χ4v) is 2.07. The molecule has 0 aromatic carbocycles. The van der Waals surface area contributed by atoms with Crippen molar-refractivity contribution in [2.24, 2.45) is 17.6 Å². The molecule has 0 radical (unpaired) electrons. The molecule has 0 bridgehead atoms. The van der Waals surface area contributed by atoms with E-state index >= 15 is 0 Å². The van der Waals surface area contributed by atoms with E-state index < -0.39 is 0 Å². The molecule has 1 aliphatic heterocycles. The second kappa shape index (κ2) is 6.21. The van der Waals surface area contributed by atoms with Crippen molar-refractivity contribution in [1.29, 1.82) is 0 Å². The van der Waals surface area contributed by atoms with E-state index in [4.69, 9.17) is 10.5 Å². The molecule has 0 aromatic heterocycles. The fraction of sp³-hybridized carbons (Fsp3) is 0.917. The minimum atomic E-state index is -0.0704. The van der Waals surface area contributed by atoms with E-state index in [9.17, 15) is 4.79 Å². The van der Waals surface area contributed by atoms with Crippen molar-refractivity contribution < 1.29 is 9.53 Å². The number of hydrogen-bond acceptors (Lipinski definition) is 3. The van der Waals surface area contributed by atoms with Crippen molar-refractivity contribution >= 4 is 5.91 Å². The maximum atomic E-state index is 12.0. The molecule has 2 N–H and O–H groups in total. The topological polar surface area (TPSA) is 55.6 Å². The number of ether oxygens (including phenoxy) is 1. The van der Waals surface area contributed by atoms with Gasteiger partial charge in [-0.15, -0.1) is 0 Å². The van der Waals surface area contributed by atoms with Crippen molar-refractivity contribution in [3.63, 3.8) is 0 Å². The normalized spacial score (nSPS) is 21.9. The minimum Gasteiger partial charge on any atom is -0.384 e. The zero-order valence-electron chi connectivity index (χ0n) is 10.6. The molecule has 4 nitrogen and oxygen atoms in total. The van der Waals surface area contributed by atoms with Crippen molar-refractivity contribution in [2.75, 3.05) is 26.8 Å². The van der Waals surface area contributed by atoms with Crippen LogP contribution in [-0.2, 0) is 9.53 Å². The number of carbonyl (C=O) groups excluding carboxylic acids is 1. The Labute approximate surface area is 98.1 Å². The Bertz CT molecular complexity index is 223. The molecule has 1 aliphatic rings. The monoisotopic (exact) mass is 228 g/mol. The average molecular weight is 228 g/mol. The van der Waals surface area contributed by atoms with E-state index in [-0.39, 0.29) is 17.9 Å². The van der Waals surface area contributed by atoms with E-state index in [1.165, 1.54) is 0 Å². The van der Waals surface area contributed by atoms with Crippen LogP contribution in [-0.4, -0.2) is 43.7 Å². The van der Waals surface area contributed by atoms with Gasteiger partial charge in [-0.25, -0.2) is 0 Å². The Morgan fingerprint density at radius 2 is 2.00 bits per heavy atom. The van der Waals surface area contributed by atoms with Crippen LogP contribution in [0.25, 0.3) is 0 Å². The van der Waals surface area contributed by atoms with Gasteiger partial charge >= 0.3 is 0 Å². The Hall–Kier alpha value is -0.610. The number of hydrogen-bond donors (Lipinski definition) is 1. The Kier molecular flexibility index (Phi) is 5.22. The molecule has 1 heterocycles. The summed E-state index contributed by atoms with van der Waals surface area (Å²) < 4.78 is 5.14. The number of methoxy groups -OCH3 is 1. The van der Waals surface area contributed by atoms with Gasteiger partial charge in [0, 0.05) is 32.8 Å². The van der Waals surface area contributed by atoms with Crippen LogP contribution < -0.4 is 5.73 Å². The molecule has 1 rings (SSSR count). The molecule has 4 heteroatoms. The van der Waals surface area contributed by atoms with Crippen LogP contribution in [0.3, 0.4) is 0 Å². The van der Waals surface area contributed by atoms with Gasteiger partial charge < -0.3 is 15.4 Å². The number of likely N-dealkylation sites (tertiary alicyclic amines) is 1. The summed E-state index contributed by atoms with van der Waals surface area (Å²) in [4.78, 5) is 14.0. The van der Waals surface area contributed by atoms with Gasteiger partial charge in [0.05, 0.1) is 5.92 Å². The van der Waals surface area contributed by atoms with Crippen LogP contribution in [0.15, 0.2) is 0 Å². The summed E-state index contributed by atoms with van der Waals surface area (Å²) in [5.41, 5.74) is 5.75. The van der Waals surface area contributed by atoms with Gasteiger partial charge in [0.2, 0.25) is 5.91 Å². The first-order valence-corrected chi connectivity index (χ1v) is 6.09. The number of nitrogens with two attached hydrogens (primary N) is 1. The molecule has 0 saturated carbocycles. The van der Waals surface area contributed by atoms with Crippen LogP contribution in [0.1, 0.15) is 26.7 Å². The first kappa shape index (κ1) is 13.5. The number of carbonyl (C=O) groups is 1. The molecule has 1 saturated heterocycles. The zero-order valence-corrected chi connectivity index (χ0v) is 10.6. The van der Waals surface area contributed by atoms with E-state index in [0.29, 0.717) is 5.92 Å². The minimum absolute atomic E-state index is 0.0656. The lowest BCUT2D eigenvalue weighted by Gasteiger charge is -2.34. The summed E-state index contributed by atoms with van der Waals surface area (Å²) in [6, 6.07) is -0.0656. The summed E-state index contributed by atoms with van der Waals surface area (Å²) >= 11 is 0. The molecular weight excluding hydrogens is 204 g/mol. The van der Waals surface area contributed by atoms with Crippen LogP contribution in [0.2, 0.25) is 0 Å². The molecule has 1 amide bonds. The number of rotatable bonds is 4. The molecule has 2 atom stereocenters.